The maximum absolute atomic E-state index is 12.4. The minimum Gasteiger partial charge on any atom is -0.492 e. The molecule has 3 aromatic rings. The van der Waals surface area contributed by atoms with Gasteiger partial charge in [0.2, 0.25) is 0 Å². The molecule has 1 aliphatic heterocycles. The number of imidazole rings is 1. The lowest BCUT2D eigenvalue weighted by Crippen LogP contribution is -2.38. The minimum atomic E-state index is 0.00814. The molecule has 2 aromatic carbocycles. The molecule has 0 amide bonds. The third kappa shape index (κ3) is 3.93. The number of benzene rings is 2. The van der Waals surface area contributed by atoms with Gasteiger partial charge in [-0.25, -0.2) is 4.79 Å². The highest BCUT2D eigenvalue weighted by Crippen LogP contribution is 2.24. The number of para-hydroxylation sites is 2. The second-order valence-corrected chi connectivity index (χ2v) is 7.24. The first-order valence-corrected chi connectivity index (χ1v) is 9.88. The van der Waals surface area contributed by atoms with E-state index in [-0.39, 0.29) is 11.7 Å². The number of rotatable bonds is 6. The van der Waals surface area contributed by atoms with Gasteiger partial charge in [0.15, 0.2) is 0 Å². The van der Waals surface area contributed by atoms with Crippen LogP contribution >= 0.6 is 0 Å². The van der Waals surface area contributed by atoms with Crippen LogP contribution in [-0.2, 0) is 6.42 Å². The number of aryl methyl sites for hydroxylation is 1. The van der Waals surface area contributed by atoms with Crippen molar-refractivity contribution in [2.24, 2.45) is 0 Å². The number of aromatic amines is 1. The van der Waals surface area contributed by atoms with Crippen molar-refractivity contribution >= 4 is 11.0 Å². The number of hydrogen-bond donors (Lipinski definition) is 1. The second-order valence-electron chi connectivity index (χ2n) is 7.24. The molecule has 0 radical (unpaired) electrons. The highest BCUT2D eigenvalue weighted by Gasteiger charge is 2.23. The molecule has 1 N–H and O–H groups in total. The molecule has 27 heavy (non-hydrogen) atoms. The van der Waals surface area contributed by atoms with E-state index in [0.29, 0.717) is 6.61 Å². The van der Waals surface area contributed by atoms with Crippen LogP contribution in [-0.4, -0.2) is 40.7 Å². The van der Waals surface area contributed by atoms with Crippen molar-refractivity contribution in [2.45, 2.75) is 32.2 Å². The number of ether oxygens (including phenoxy) is 1. The highest BCUT2D eigenvalue weighted by atomic mass is 16.5. The number of hydrogen-bond acceptors (Lipinski definition) is 3. The molecule has 1 fully saturated rings. The normalized spacial score (nSPS) is 16.0. The topological polar surface area (TPSA) is 50.3 Å². The minimum absolute atomic E-state index is 0.00814. The van der Waals surface area contributed by atoms with Gasteiger partial charge in [0.05, 0.1) is 11.0 Å². The van der Waals surface area contributed by atoms with Gasteiger partial charge in [0, 0.05) is 25.7 Å². The number of nitrogens with one attached hydrogen (secondary N) is 1. The van der Waals surface area contributed by atoms with Crippen molar-refractivity contribution in [3.05, 3.63) is 64.6 Å². The first kappa shape index (κ1) is 17.9. The standard InChI is InChI=1S/C22H27N3O2/c1-2-17-6-5-7-19(16-17)27-15-14-24-12-10-18(11-13-24)25-21-9-4-3-8-20(21)23-22(25)26/h3-9,16,18H,2,10-15H2,1H3,(H,23,26). The van der Waals surface area contributed by atoms with E-state index in [9.17, 15) is 4.79 Å². The van der Waals surface area contributed by atoms with Gasteiger partial charge in [-0.2, -0.15) is 0 Å². The lowest BCUT2D eigenvalue weighted by atomic mass is 10.0. The quantitative estimate of drug-likeness (QED) is 0.726. The summed E-state index contributed by atoms with van der Waals surface area (Å²) in [7, 11) is 0. The van der Waals surface area contributed by atoms with E-state index in [1.54, 1.807) is 0 Å². The molecule has 0 atom stereocenters. The van der Waals surface area contributed by atoms with Crippen LogP contribution in [0.3, 0.4) is 0 Å². The Morgan fingerprint density at radius 2 is 1.93 bits per heavy atom. The molecule has 1 aliphatic rings. The summed E-state index contributed by atoms with van der Waals surface area (Å²) in [5.74, 6) is 0.953. The van der Waals surface area contributed by atoms with Gasteiger partial charge < -0.3 is 9.72 Å². The molecule has 2 heterocycles. The lowest BCUT2D eigenvalue weighted by molar-refractivity contribution is 0.157. The molecule has 5 heteroatoms. The molecule has 5 nitrogen and oxygen atoms in total. The van der Waals surface area contributed by atoms with Crippen LogP contribution in [0.1, 0.15) is 31.4 Å². The number of H-pyrrole nitrogens is 1. The van der Waals surface area contributed by atoms with Crippen LogP contribution in [0, 0.1) is 0 Å². The summed E-state index contributed by atoms with van der Waals surface area (Å²) in [6.45, 7) is 5.77. The van der Waals surface area contributed by atoms with Gasteiger partial charge in [0.1, 0.15) is 12.4 Å². The van der Waals surface area contributed by atoms with Gasteiger partial charge in [-0.05, 0) is 49.1 Å². The second kappa shape index (κ2) is 8.01. The van der Waals surface area contributed by atoms with Crippen LogP contribution < -0.4 is 10.4 Å². The number of likely N-dealkylation sites (tertiary alicyclic amines) is 1. The Morgan fingerprint density at radius 1 is 1.11 bits per heavy atom. The Balaban J connectivity index is 1.31. The summed E-state index contributed by atoms with van der Waals surface area (Å²) in [5, 5.41) is 0. The Kier molecular flexibility index (Phi) is 5.30. The number of piperidine rings is 1. The van der Waals surface area contributed by atoms with Crippen molar-refractivity contribution in [3.63, 3.8) is 0 Å². The largest absolute Gasteiger partial charge is 0.492 e. The highest BCUT2D eigenvalue weighted by molar-refractivity contribution is 5.75. The predicted molar refractivity (Wildman–Crippen MR) is 109 cm³/mol. The van der Waals surface area contributed by atoms with Gasteiger partial charge in [-0.3, -0.25) is 9.47 Å². The first-order chi connectivity index (χ1) is 13.2. The SMILES string of the molecule is CCc1cccc(OCCN2CCC(n3c(=O)[nH]c4ccccc43)CC2)c1. The van der Waals surface area contributed by atoms with E-state index < -0.39 is 0 Å². The molecule has 1 saturated heterocycles. The molecule has 0 unspecified atom stereocenters. The molecular weight excluding hydrogens is 338 g/mol. The van der Waals surface area contributed by atoms with E-state index in [0.717, 1.165) is 55.7 Å². The first-order valence-electron chi connectivity index (χ1n) is 9.88. The summed E-state index contributed by atoms with van der Waals surface area (Å²) < 4.78 is 7.87. The van der Waals surface area contributed by atoms with E-state index >= 15 is 0 Å². The van der Waals surface area contributed by atoms with E-state index in [2.05, 4.69) is 35.0 Å². The zero-order valence-electron chi connectivity index (χ0n) is 15.9. The molecule has 0 bridgehead atoms. The maximum atomic E-state index is 12.4. The maximum Gasteiger partial charge on any atom is 0.326 e. The fraction of sp³-hybridized carbons (Fsp3) is 0.409. The Morgan fingerprint density at radius 3 is 2.74 bits per heavy atom. The fourth-order valence-electron chi connectivity index (χ4n) is 3.99. The molecule has 142 valence electrons. The fourth-order valence-corrected chi connectivity index (χ4v) is 3.99. The van der Waals surface area contributed by atoms with Crippen molar-refractivity contribution < 1.29 is 4.74 Å². The van der Waals surface area contributed by atoms with Crippen molar-refractivity contribution in [3.8, 4) is 5.75 Å². The number of nitrogens with zero attached hydrogens (tertiary/aromatic N) is 2. The molecular formula is C22H27N3O2. The average molecular weight is 365 g/mol. The predicted octanol–water partition coefficient (Wildman–Crippen LogP) is 3.61. The zero-order valence-corrected chi connectivity index (χ0v) is 15.9. The summed E-state index contributed by atoms with van der Waals surface area (Å²) in [5.41, 5.74) is 3.25. The van der Waals surface area contributed by atoms with Crippen LogP contribution in [0.2, 0.25) is 0 Å². The average Bonchev–Trinajstić information content (AvgIpc) is 3.04. The Labute approximate surface area is 159 Å². The smallest absolute Gasteiger partial charge is 0.326 e. The van der Waals surface area contributed by atoms with Crippen molar-refractivity contribution in [2.75, 3.05) is 26.2 Å². The summed E-state index contributed by atoms with van der Waals surface area (Å²) in [6, 6.07) is 16.5. The van der Waals surface area contributed by atoms with Crippen molar-refractivity contribution in [1.82, 2.24) is 14.5 Å². The summed E-state index contributed by atoms with van der Waals surface area (Å²) in [4.78, 5) is 17.8. The monoisotopic (exact) mass is 365 g/mol. The van der Waals surface area contributed by atoms with Crippen LogP contribution in [0.5, 0.6) is 5.75 Å². The molecule has 0 aliphatic carbocycles. The molecule has 4 rings (SSSR count). The lowest BCUT2D eigenvalue weighted by Gasteiger charge is -2.32. The van der Waals surface area contributed by atoms with Gasteiger partial charge in [0.25, 0.3) is 0 Å². The van der Waals surface area contributed by atoms with Gasteiger partial charge in [-0.15, -0.1) is 0 Å². The molecule has 1 aromatic heterocycles. The number of fused-ring (bicyclic) bond motifs is 1. The van der Waals surface area contributed by atoms with Crippen LogP contribution in [0.4, 0.5) is 0 Å². The third-order valence-electron chi connectivity index (χ3n) is 5.53. The van der Waals surface area contributed by atoms with Crippen LogP contribution in [0.25, 0.3) is 11.0 Å². The zero-order chi connectivity index (χ0) is 18.6. The van der Waals surface area contributed by atoms with Gasteiger partial charge >= 0.3 is 5.69 Å². The van der Waals surface area contributed by atoms with E-state index in [1.807, 2.05) is 34.9 Å². The number of aromatic nitrogens is 2. The van der Waals surface area contributed by atoms with E-state index in [1.165, 1.54) is 5.56 Å². The molecule has 0 spiro atoms. The molecule has 0 saturated carbocycles. The van der Waals surface area contributed by atoms with Gasteiger partial charge in [-0.1, -0.05) is 31.2 Å². The van der Waals surface area contributed by atoms with Crippen molar-refractivity contribution in [1.29, 1.82) is 0 Å². The Hall–Kier alpha value is -2.53. The summed E-state index contributed by atoms with van der Waals surface area (Å²) >= 11 is 0. The summed E-state index contributed by atoms with van der Waals surface area (Å²) in [6.07, 6.45) is 3.01. The van der Waals surface area contributed by atoms with Crippen LogP contribution in [0.15, 0.2) is 53.3 Å². The third-order valence-corrected chi connectivity index (χ3v) is 5.53. The Bertz CT molecular complexity index is 951. The van der Waals surface area contributed by atoms with E-state index in [4.69, 9.17) is 4.74 Å².